The maximum Gasteiger partial charge on any atom is 0.416 e. The average Bonchev–Trinajstić information content (AvgIpc) is 3.15. The van der Waals surface area contributed by atoms with Gasteiger partial charge in [-0.2, -0.15) is 13.2 Å². The fourth-order valence-corrected chi connectivity index (χ4v) is 3.72. The lowest BCUT2D eigenvalue weighted by molar-refractivity contribution is -0.138. The highest BCUT2D eigenvalue weighted by Crippen LogP contribution is 2.35. The van der Waals surface area contributed by atoms with Gasteiger partial charge in [0.1, 0.15) is 11.3 Å². The van der Waals surface area contributed by atoms with Crippen molar-refractivity contribution in [2.75, 3.05) is 10.6 Å². The molecule has 0 saturated heterocycles. The lowest BCUT2D eigenvalue weighted by atomic mass is 10.1. The highest BCUT2D eigenvalue weighted by molar-refractivity contribution is 14.1. The zero-order valence-corrected chi connectivity index (χ0v) is 18.7. The van der Waals surface area contributed by atoms with Crippen LogP contribution in [0, 0.1) is 0 Å². The quantitative estimate of drug-likeness (QED) is 0.184. The fraction of sp³-hybridized carbons (Fsp3) is 0.0952. The number of carbonyl (C=O) groups excluding carboxylic acids is 1. The molecule has 4 rings (SSSR count). The largest absolute Gasteiger partial charge is 0.455 e. The molecule has 170 valence electrons. The maximum absolute atomic E-state index is 13.2. The van der Waals surface area contributed by atoms with Gasteiger partial charge in [0.05, 0.1) is 5.56 Å². The van der Waals surface area contributed by atoms with Gasteiger partial charge in [0.25, 0.3) is 0 Å². The molecule has 2 heterocycles. The predicted molar refractivity (Wildman–Crippen MR) is 125 cm³/mol. The molecule has 0 bridgehead atoms. The Labute approximate surface area is 197 Å². The van der Waals surface area contributed by atoms with Gasteiger partial charge in [0.15, 0.2) is 11.4 Å². The van der Waals surface area contributed by atoms with Gasteiger partial charge in [0, 0.05) is 28.1 Å². The van der Waals surface area contributed by atoms with Crippen molar-refractivity contribution in [3.8, 4) is 11.5 Å². The number of anilines is 2. The predicted octanol–water partition coefficient (Wildman–Crippen LogP) is 5.64. The van der Waals surface area contributed by atoms with E-state index in [0.717, 1.165) is 6.07 Å². The highest BCUT2D eigenvalue weighted by Gasteiger charge is 2.33. The van der Waals surface area contributed by atoms with Crippen molar-refractivity contribution in [1.29, 1.82) is 0 Å². The monoisotopic (exact) mass is 569 g/mol. The van der Waals surface area contributed by atoms with E-state index in [2.05, 4.69) is 25.6 Å². The van der Waals surface area contributed by atoms with Crippen LogP contribution < -0.4 is 21.1 Å². The van der Waals surface area contributed by atoms with Crippen LogP contribution in [0.3, 0.4) is 0 Å². The topological polar surface area (TPSA) is 112 Å². The standard InChI is InChI=1S/C21H15F3IN5O3/c22-21(23,24)15-9-13(2-1-11(15)10-25)28-19(31)27-12-3-5-14(6-4-12)33-16-7-8-26-18-17(16)29-20(32)30-18/h1-9H,10H2,(H2,27,28,31)(H2,26,29,30,32). The summed E-state index contributed by atoms with van der Waals surface area (Å²) in [6.45, 7) is 0. The molecule has 0 radical (unpaired) electrons. The van der Waals surface area contributed by atoms with E-state index in [-0.39, 0.29) is 15.7 Å². The third-order valence-corrected chi connectivity index (χ3v) is 5.36. The molecule has 0 unspecified atom stereocenters. The Hall–Kier alpha value is -3.55. The Kier molecular flexibility index (Phi) is 6.26. The molecule has 0 spiro atoms. The second-order valence-corrected chi connectivity index (χ2v) is 7.58. The van der Waals surface area contributed by atoms with Crippen LogP contribution in [0.25, 0.3) is 11.2 Å². The number of carbonyl (C=O) groups is 1. The molecule has 12 heteroatoms. The number of nitrogens with zero attached hydrogens (tertiary/aromatic N) is 1. The van der Waals surface area contributed by atoms with Gasteiger partial charge in [-0.25, -0.2) is 14.6 Å². The zero-order valence-electron chi connectivity index (χ0n) is 16.6. The van der Waals surface area contributed by atoms with E-state index in [4.69, 9.17) is 4.74 Å². The van der Waals surface area contributed by atoms with E-state index in [1.54, 1.807) is 30.3 Å². The Morgan fingerprint density at radius 3 is 2.42 bits per heavy atom. The number of hydrogen-bond acceptors (Lipinski definition) is 4. The Morgan fingerprint density at radius 1 is 1.03 bits per heavy atom. The summed E-state index contributed by atoms with van der Waals surface area (Å²) in [5.41, 5.74) is 0.129. The van der Waals surface area contributed by atoms with E-state index in [1.807, 2.05) is 22.6 Å². The average molecular weight is 569 g/mol. The van der Waals surface area contributed by atoms with Crippen molar-refractivity contribution >= 4 is 51.2 Å². The minimum absolute atomic E-state index is 0.0237. The van der Waals surface area contributed by atoms with Gasteiger partial charge >= 0.3 is 17.9 Å². The summed E-state index contributed by atoms with van der Waals surface area (Å²) in [4.78, 5) is 32.9. The molecule has 0 fully saturated rings. The minimum Gasteiger partial charge on any atom is -0.455 e. The van der Waals surface area contributed by atoms with Crippen LogP contribution in [0.5, 0.6) is 11.5 Å². The number of amides is 2. The van der Waals surface area contributed by atoms with Crippen molar-refractivity contribution in [2.45, 2.75) is 10.6 Å². The van der Waals surface area contributed by atoms with E-state index in [9.17, 15) is 22.8 Å². The van der Waals surface area contributed by atoms with Gasteiger partial charge in [-0.05, 0) is 42.0 Å². The Morgan fingerprint density at radius 2 is 1.73 bits per heavy atom. The number of benzene rings is 2. The smallest absolute Gasteiger partial charge is 0.416 e. The summed E-state index contributed by atoms with van der Waals surface area (Å²) in [6, 6.07) is 10.9. The third-order valence-electron chi connectivity index (χ3n) is 4.54. The lowest BCUT2D eigenvalue weighted by Crippen LogP contribution is -2.20. The molecule has 33 heavy (non-hydrogen) atoms. The number of aromatic amines is 2. The molecule has 0 aliphatic carbocycles. The minimum atomic E-state index is -4.52. The summed E-state index contributed by atoms with van der Waals surface area (Å²) < 4.78 is 45.6. The molecule has 0 saturated carbocycles. The number of halogens is 4. The van der Waals surface area contributed by atoms with Crippen LogP contribution in [-0.2, 0) is 10.6 Å². The first-order chi connectivity index (χ1) is 15.7. The summed E-state index contributed by atoms with van der Waals surface area (Å²) in [6.07, 6.45) is -3.03. The number of H-pyrrole nitrogens is 2. The van der Waals surface area contributed by atoms with E-state index in [0.29, 0.717) is 28.4 Å². The van der Waals surface area contributed by atoms with Crippen molar-refractivity contribution in [1.82, 2.24) is 15.0 Å². The second kappa shape index (κ2) is 9.13. The highest BCUT2D eigenvalue weighted by atomic mass is 127. The van der Waals surface area contributed by atoms with E-state index < -0.39 is 23.5 Å². The zero-order chi connectivity index (χ0) is 23.6. The number of imidazole rings is 1. The molecule has 4 N–H and O–H groups in total. The number of aromatic nitrogens is 3. The normalized spacial score (nSPS) is 11.4. The van der Waals surface area contributed by atoms with Crippen LogP contribution in [-0.4, -0.2) is 21.0 Å². The summed E-state index contributed by atoms with van der Waals surface area (Å²) in [5.74, 6) is 0.812. The molecular weight excluding hydrogens is 554 g/mol. The molecule has 2 amide bonds. The molecular formula is C21H15F3IN5O3. The second-order valence-electron chi connectivity index (χ2n) is 6.82. The number of urea groups is 1. The lowest BCUT2D eigenvalue weighted by Gasteiger charge is -2.14. The number of nitrogens with one attached hydrogen (secondary N) is 4. The first-order valence-corrected chi connectivity index (χ1v) is 10.9. The molecule has 0 aliphatic heterocycles. The Balaban J connectivity index is 1.43. The van der Waals surface area contributed by atoms with Crippen molar-refractivity contribution in [2.24, 2.45) is 0 Å². The van der Waals surface area contributed by atoms with E-state index in [1.165, 1.54) is 18.3 Å². The SMILES string of the molecule is O=C(Nc1ccc(Oc2ccnc3[nH]c(=O)[nH]c23)cc1)Nc1ccc(CI)c(C(F)(F)F)c1. The van der Waals surface area contributed by atoms with Gasteiger partial charge in [-0.1, -0.05) is 28.7 Å². The maximum atomic E-state index is 13.2. The molecule has 2 aromatic carbocycles. The van der Waals surface area contributed by atoms with Gasteiger partial charge in [-0.15, -0.1) is 0 Å². The Bertz CT molecular complexity index is 1370. The summed E-state index contributed by atoms with van der Waals surface area (Å²) in [7, 11) is 0. The molecule has 8 nitrogen and oxygen atoms in total. The van der Waals surface area contributed by atoms with Gasteiger partial charge < -0.3 is 20.4 Å². The van der Waals surface area contributed by atoms with Crippen molar-refractivity contribution in [3.63, 3.8) is 0 Å². The molecule has 0 aliphatic rings. The number of rotatable bonds is 5. The first-order valence-electron chi connectivity index (χ1n) is 9.42. The number of hydrogen-bond donors (Lipinski definition) is 4. The third kappa shape index (κ3) is 5.27. The fourth-order valence-electron chi connectivity index (χ4n) is 3.06. The van der Waals surface area contributed by atoms with Crippen LogP contribution >= 0.6 is 22.6 Å². The van der Waals surface area contributed by atoms with Crippen molar-refractivity contribution < 1.29 is 22.7 Å². The number of alkyl halides is 4. The number of pyridine rings is 1. The molecule has 0 atom stereocenters. The molecule has 4 aromatic rings. The number of ether oxygens (including phenoxy) is 1. The summed E-state index contributed by atoms with van der Waals surface area (Å²) >= 11 is 1.86. The van der Waals surface area contributed by atoms with Crippen LogP contribution in [0.15, 0.2) is 59.5 Å². The first kappa shape index (κ1) is 22.6. The van der Waals surface area contributed by atoms with Gasteiger partial charge in [-0.3, -0.25) is 4.98 Å². The molecule has 2 aromatic heterocycles. The van der Waals surface area contributed by atoms with Crippen LogP contribution in [0.2, 0.25) is 0 Å². The van der Waals surface area contributed by atoms with E-state index >= 15 is 0 Å². The van der Waals surface area contributed by atoms with Crippen molar-refractivity contribution in [3.05, 3.63) is 76.3 Å². The number of fused-ring (bicyclic) bond motifs is 1. The van der Waals surface area contributed by atoms with Crippen LogP contribution in [0.4, 0.5) is 29.3 Å². The summed E-state index contributed by atoms with van der Waals surface area (Å²) in [5, 5.41) is 4.95. The van der Waals surface area contributed by atoms with Crippen LogP contribution in [0.1, 0.15) is 11.1 Å². The van der Waals surface area contributed by atoms with Gasteiger partial charge in [0.2, 0.25) is 0 Å².